The minimum atomic E-state index is -0.515. The molecular weight excluding hydrogens is 348 g/mol. The number of ether oxygens (including phenoxy) is 2. The number of aromatic nitrogens is 2. The molecule has 3 heterocycles. The standard InChI is InChI=1S/C20H16N2O5/c1-13-3-2-8-22-10-15(21-20(13)22)11-26-19(24)12-25-16-6-4-14-5-7-18(23)27-17(14)9-16/h2-10H,11-12H2,1H3. The number of benzene rings is 1. The van der Waals surface area contributed by atoms with E-state index in [9.17, 15) is 9.59 Å². The number of nitrogens with zero attached hydrogens (tertiary/aromatic N) is 2. The molecule has 7 heteroatoms. The monoisotopic (exact) mass is 364 g/mol. The minimum Gasteiger partial charge on any atom is -0.482 e. The number of esters is 1. The second-order valence-electron chi connectivity index (χ2n) is 6.06. The maximum absolute atomic E-state index is 11.9. The van der Waals surface area contributed by atoms with Gasteiger partial charge in [0.1, 0.15) is 23.6 Å². The predicted octanol–water partition coefficient (Wildman–Crippen LogP) is 2.87. The summed E-state index contributed by atoms with van der Waals surface area (Å²) in [5.74, 6) is -0.101. The van der Waals surface area contributed by atoms with Crippen molar-refractivity contribution >= 4 is 22.6 Å². The van der Waals surface area contributed by atoms with E-state index < -0.39 is 11.6 Å². The minimum absolute atomic E-state index is 0.0654. The van der Waals surface area contributed by atoms with E-state index in [0.717, 1.165) is 16.6 Å². The molecule has 0 aliphatic rings. The van der Waals surface area contributed by atoms with E-state index in [4.69, 9.17) is 13.9 Å². The third-order valence-electron chi connectivity index (χ3n) is 4.06. The highest BCUT2D eigenvalue weighted by atomic mass is 16.6. The molecule has 0 radical (unpaired) electrons. The molecule has 0 fully saturated rings. The third kappa shape index (κ3) is 3.67. The summed E-state index contributed by atoms with van der Waals surface area (Å²) in [7, 11) is 0. The zero-order chi connectivity index (χ0) is 18.8. The highest BCUT2D eigenvalue weighted by Gasteiger charge is 2.09. The summed E-state index contributed by atoms with van der Waals surface area (Å²) >= 11 is 0. The Hall–Kier alpha value is -3.61. The van der Waals surface area contributed by atoms with Gasteiger partial charge in [-0.25, -0.2) is 14.6 Å². The Bertz CT molecular complexity index is 1190. The molecule has 7 nitrogen and oxygen atoms in total. The van der Waals surface area contributed by atoms with Crippen LogP contribution >= 0.6 is 0 Å². The topological polar surface area (TPSA) is 83.0 Å². The largest absolute Gasteiger partial charge is 0.482 e. The number of hydrogen-bond donors (Lipinski definition) is 0. The predicted molar refractivity (Wildman–Crippen MR) is 97.7 cm³/mol. The smallest absolute Gasteiger partial charge is 0.344 e. The Kier molecular flexibility index (Phi) is 4.33. The van der Waals surface area contributed by atoms with Gasteiger partial charge >= 0.3 is 11.6 Å². The molecule has 0 saturated heterocycles. The SMILES string of the molecule is Cc1cccn2cc(COC(=O)COc3ccc4ccc(=O)oc4c3)nc12. The lowest BCUT2D eigenvalue weighted by Crippen LogP contribution is -2.14. The third-order valence-corrected chi connectivity index (χ3v) is 4.06. The fraction of sp³-hybridized carbons (Fsp3) is 0.150. The van der Waals surface area contributed by atoms with E-state index >= 15 is 0 Å². The molecule has 4 rings (SSSR count). The first-order valence-electron chi connectivity index (χ1n) is 8.34. The van der Waals surface area contributed by atoms with Crippen molar-refractivity contribution in [3.05, 3.63) is 76.5 Å². The summed E-state index contributed by atoms with van der Waals surface area (Å²) in [6, 6.07) is 11.9. The van der Waals surface area contributed by atoms with Crippen LogP contribution in [-0.4, -0.2) is 22.0 Å². The number of rotatable bonds is 5. The lowest BCUT2D eigenvalue weighted by atomic mass is 10.2. The van der Waals surface area contributed by atoms with Gasteiger partial charge in [0.15, 0.2) is 6.61 Å². The molecule has 0 aliphatic carbocycles. The number of aryl methyl sites for hydroxylation is 1. The number of hydrogen-bond acceptors (Lipinski definition) is 6. The number of carbonyl (C=O) groups excluding carboxylic acids is 1. The summed E-state index contributed by atoms with van der Waals surface area (Å²) in [6.45, 7) is 1.78. The van der Waals surface area contributed by atoms with E-state index in [1.165, 1.54) is 6.07 Å². The molecule has 0 bridgehead atoms. The Morgan fingerprint density at radius 2 is 2.07 bits per heavy atom. The molecule has 0 amide bonds. The molecule has 4 aromatic rings. The first-order chi connectivity index (χ1) is 13.1. The Morgan fingerprint density at radius 1 is 1.22 bits per heavy atom. The van der Waals surface area contributed by atoms with Gasteiger partial charge in [-0.05, 0) is 36.8 Å². The second-order valence-corrected chi connectivity index (χ2v) is 6.06. The van der Waals surface area contributed by atoms with Crippen molar-refractivity contribution in [2.75, 3.05) is 6.61 Å². The van der Waals surface area contributed by atoms with E-state index in [-0.39, 0.29) is 13.2 Å². The van der Waals surface area contributed by atoms with Gasteiger partial charge in [0.05, 0.1) is 5.69 Å². The van der Waals surface area contributed by atoms with E-state index in [1.54, 1.807) is 24.3 Å². The van der Waals surface area contributed by atoms with Crippen LogP contribution in [0.5, 0.6) is 5.75 Å². The summed E-state index contributed by atoms with van der Waals surface area (Å²) in [4.78, 5) is 27.7. The Labute approximate surface area is 153 Å². The zero-order valence-electron chi connectivity index (χ0n) is 14.5. The molecule has 1 aromatic carbocycles. The average molecular weight is 364 g/mol. The van der Waals surface area contributed by atoms with Gasteiger partial charge < -0.3 is 18.3 Å². The van der Waals surface area contributed by atoms with E-state index in [1.807, 2.05) is 35.9 Å². The van der Waals surface area contributed by atoms with E-state index in [0.29, 0.717) is 17.0 Å². The van der Waals surface area contributed by atoms with E-state index in [2.05, 4.69) is 4.98 Å². The summed E-state index contributed by atoms with van der Waals surface area (Å²) in [5, 5.41) is 0.770. The van der Waals surface area contributed by atoms with Crippen molar-refractivity contribution in [2.24, 2.45) is 0 Å². The van der Waals surface area contributed by atoms with Gasteiger partial charge in [0, 0.05) is 29.9 Å². The molecule has 0 atom stereocenters. The van der Waals surface area contributed by atoms with Crippen LogP contribution in [0.4, 0.5) is 0 Å². The number of fused-ring (bicyclic) bond motifs is 2. The van der Waals surface area contributed by atoms with Gasteiger partial charge in [-0.3, -0.25) is 0 Å². The number of pyridine rings is 1. The number of carbonyl (C=O) groups is 1. The van der Waals surface area contributed by atoms with Crippen LogP contribution < -0.4 is 10.4 Å². The van der Waals surface area contributed by atoms with Crippen molar-refractivity contribution in [2.45, 2.75) is 13.5 Å². The Morgan fingerprint density at radius 3 is 2.93 bits per heavy atom. The molecule has 3 aromatic heterocycles. The fourth-order valence-electron chi connectivity index (χ4n) is 2.74. The first-order valence-corrected chi connectivity index (χ1v) is 8.34. The van der Waals surface area contributed by atoms with Gasteiger partial charge in [-0.15, -0.1) is 0 Å². The zero-order valence-corrected chi connectivity index (χ0v) is 14.5. The highest BCUT2D eigenvalue weighted by Crippen LogP contribution is 2.19. The molecule has 0 spiro atoms. The maximum Gasteiger partial charge on any atom is 0.344 e. The molecular formula is C20H16N2O5. The van der Waals surface area contributed by atoms with Crippen LogP contribution in [0.3, 0.4) is 0 Å². The summed E-state index contributed by atoms with van der Waals surface area (Å²) in [5.41, 5.74) is 2.49. The molecule has 0 saturated carbocycles. The average Bonchev–Trinajstić information content (AvgIpc) is 3.09. The van der Waals surface area contributed by atoms with Gasteiger partial charge in [-0.2, -0.15) is 0 Å². The van der Waals surface area contributed by atoms with Gasteiger partial charge in [0.25, 0.3) is 0 Å². The van der Waals surface area contributed by atoms with Crippen molar-refractivity contribution in [1.29, 1.82) is 0 Å². The highest BCUT2D eigenvalue weighted by molar-refractivity contribution is 5.78. The normalized spacial score (nSPS) is 11.0. The van der Waals surface area contributed by atoms with Crippen molar-refractivity contribution in [1.82, 2.24) is 9.38 Å². The van der Waals surface area contributed by atoms with Crippen LogP contribution in [-0.2, 0) is 16.1 Å². The molecule has 0 aliphatic heterocycles. The molecule has 136 valence electrons. The maximum atomic E-state index is 11.9. The lowest BCUT2D eigenvalue weighted by molar-refractivity contribution is -0.147. The van der Waals surface area contributed by atoms with Crippen LogP contribution in [0.2, 0.25) is 0 Å². The second kappa shape index (κ2) is 6.95. The molecule has 0 unspecified atom stereocenters. The number of imidazole rings is 1. The van der Waals surface area contributed by atoms with Crippen molar-refractivity contribution in [3.8, 4) is 5.75 Å². The van der Waals surface area contributed by atoms with Crippen LogP contribution in [0.25, 0.3) is 16.6 Å². The summed E-state index contributed by atoms with van der Waals surface area (Å²) in [6.07, 6.45) is 3.71. The summed E-state index contributed by atoms with van der Waals surface area (Å²) < 4.78 is 17.6. The molecule has 27 heavy (non-hydrogen) atoms. The van der Waals surface area contributed by atoms with Gasteiger partial charge in [0.2, 0.25) is 0 Å². The van der Waals surface area contributed by atoms with Crippen LogP contribution in [0.15, 0.2) is 64.1 Å². The van der Waals surface area contributed by atoms with Crippen LogP contribution in [0, 0.1) is 6.92 Å². The quantitative estimate of drug-likeness (QED) is 0.400. The lowest BCUT2D eigenvalue weighted by Gasteiger charge is -2.06. The van der Waals surface area contributed by atoms with Crippen molar-refractivity contribution < 1.29 is 18.7 Å². The molecule has 0 N–H and O–H groups in total. The first kappa shape index (κ1) is 16.8. The Balaban J connectivity index is 1.36. The van der Waals surface area contributed by atoms with Gasteiger partial charge in [-0.1, -0.05) is 6.07 Å². The van der Waals surface area contributed by atoms with Crippen molar-refractivity contribution in [3.63, 3.8) is 0 Å². The van der Waals surface area contributed by atoms with Crippen LogP contribution in [0.1, 0.15) is 11.3 Å². The fourth-order valence-corrected chi connectivity index (χ4v) is 2.74.